The van der Waals surface area contributed by atoms with Gasteiger partial charge in [0, 0.05) is 13.0 Å². The molecule has 0 amide bonds. The van der Waals surface area contributed by atoms with Crippen LogP contribution in [0.25, 0.3) is 11.1 Å². The van der Waals surface area contributed by atoms with Crippen molar-refractivity contribution in [2.75, 3.05) is 53.9 Å². The Hall–Kier alpha value is -3.45. The van der Waals surface area contributed by atoms with Gasteiger partial charge in [-0.1, -0.05) is 88.2 Å². The van der Waals surface area contributed by atoms with E-state index in [2.05, 4.69) is 76.7 Å². The van der Waals surface area contributed by atoms with Crippen LogP contribution in [-0.2, 0) is 24.4 Å². The van der Waals surface area contributed by atoms with Crippen molar-refractivity contribution in [2.45, 2.75) is 66.7 Å². The van der Waals surface area contributed by atoms with Crippen molar-refractivity contribution >= 4 is 5.97 Å². The van der Waals surface area contributed by atoms with Crippen LogP contribution in [-0.4, -0.2) is 59.8 Å². The van der Waals surface area contributed by atoms with Crippen molar-refractivity contribution in [3.63, 3.8) is 0 Å². The average molecular weight is 619 g/mol. The van der Waals surface area contributed by atoms with Crippen LogP contribution >= 0.6 is 0 Å². The summed E-state index contributed by atoms with van der Waals surface area (Å²) in [4.78, 5) is 12.8. The Labute approximate surface area is 271 Å². The third kappa shape index (κ3) is 10.8. The van der Waals surface area contributed by atoms with E-state index in [1.165, 1.54) is 46.1 Å². The molecule has 0 spiro atoms. The number of benzene rings is 3. The maximum atomic E-state index is 12.8. The van der Waals surface area contributed by atoms with Crippen molar-refractivity contribution in [3.8, 4) is 16.9 Å². The summed E-state index contributed by atoms with van der Waals surface area (Å²) in [5, 5.41) is 0. The van der Waals surface area contributed by atoms with Gasteiger partial charge in [-0.15, -0.1) is 6.58 Å². The molecule has 3 aromatic carbocycles. The van der Waals surface area contributed by atoms with Gasteiger partial charge < -0.3 is 23.7 Å². The molecule has 0 fully saturated rings. The molecule has 6 heteroatoms. The third-order valence-corrected chi connectivity index (χ3v) is 7.07. The van der Waals surface area contributed by atoms with Crippen molar-refractivity contribution in [3.05, 3.63) is 100 Å². The van der Waals surface area contributed by atoms with Gasteiger partial charge in [-0.05, 0) is 71.7 Å². The zero-order valence-electron chi connectivity index (χ0n) is 29.2. The largest absolute Gasteiger partial charge is 0.490 e. The van der Waals surface area contributed by atoms with Crippen LogP contribution in [0.3, 0.4) is 0 Å². The SMILES string of the molecule is C=C(C)C.CC.COCCOCCOCCOc1ccc(C2c3cc(C)ccc3-c3ccc(C(C)(C)C)cc32)cc1C(=O)OC. The standard InChI is InChI=1S/C33H40O6.C4H8.C2H6/c1-22-7-10-25-26-11-9-24(33(2,3)4)21-28(26)31(27(25)19-22)23-8-12-30(29(20-23)32(34)36-6)39-18-17-38-16-15-37-14-13-35-5;1-4(2)3;1-2/h7-12,19-21,31H,13-18H2,1-6H3;1H2,2-3H3;1-2H3. The highest BCUT2D eigenvalue weighted by atomic mass is 16.6. The van der Waals surface area contributed by atoms with Crippen LogP contribution < -0.4 is 4.74 Å². The molecular weight excluding hydrogens is 564 g/mol. The molecule has 0 N–H and O–H groups in total. The van der Waals surface area contributed by atoms with E-state index in [0.29, 0.717) is 51.0 Å². The lowest BCUT2D eigenvalue weighted by molar-refractivity contribution is 0.0178. The predicted molar refractivity (Wildman–Crippen MR) is 185 cm³/mol. The Morgan fingerprint density at radius 3 is 1.91 bits per heavy atom. The summed E-state index contributed by atoms with van der Waals surface area (Å²) in [6.07, 6.45) is 0. The average Bonchev–Trinajstić information content (AvgIpc) is 3.32. The van der Waals surface area contributed by atoms with Gasteiger partial charge in [0.05, 0.1) is 40.1 Å². The predicted octanol–water partition coefficient (Wildman–Crippen LogP) is 8.91. The van der Waals surface area contributed by atoms with E-state index in [1.54, 1.807) is 7.11 Å². The summed E-state index contributed by atoms with van der Waals surface area (Å²) in [7, 11) is 3.03. The number of allylic oxidation sites excluding steroid dienone is 1. The molecule has 4 rings (SSSR count). The molecule has 1 aliphatic rings. The molecule has 246 valence electrons. The number of hydrogen-bond donors (Lipinski definition) is 0. The second kappa shape index (κ2) is 18.5. The second-order valence-corrected chi connectivity index (χ2v) is 12.1. The molecule has 0 aliphatic heterocycles. The Bertz CT molecular complexity index is 1380. The number of aryl methyl sites for hydroxylation is 1. The van der Waals surface area contributed by atoms with Gasteiger partial charge in [0.15, 0.2) is 0 Å². The normalized spacial score (nSPS) is 13.0. The maximum Gasteiger partial charge on any atom is 0.341 e. The molecule has 0 heterocycles. The smallest absolute Gasteiger partial charge is 0.341 e. The minimum atomic E-state index is -0.426. The number of rotatable bonds is 12. The zero-order chi connectivity index (χ0) is 33.6. The van der Waals surface area contributed by atoms with Crippen molar-refractivity contribution in [1.82, 2.24) is 0 Å². The first-order chi connectivity index (χ1) is 21.5. The fourth-order valence-electron chi connectivity index (χ4n) is 5.00. The number of esters is 1. The first-order valence-electron chi connectivity index (χ1n) is 15.8. The molecule has 1 unspecified atom stereocenters. The Kier molecular flexibility index (Phi) is 15.5. The van der Waals surface area contributed by atoms with Crippen LogP contribution in [0.15, 0.2) is 66.7 Å². The number of carbonyl (C=O) groups excluding carboxylic acids is 1. The summed E-state index contributed by atoms with van der Waals surface area (Å²) >= 11 is 0. The fraction of sp³-hybridized carbons (Fsp3) is 0.462. The number of methoxy groups -OCH3 is 2. The van der Waals surface area contributed by atoms with Crippen molar-refractivity contribution in [2.24, 2.45) is 0 Å². The highest BCUT2D eigenvalue weighted by molar-refractivity contribution is 5.93. The van der Waals surface area contributed by atoms with E-state index in [4.69, 9.17) is 23.7 Å². The van der Waals surface area contributed by atoms with Gasteiger partial charge in [-0.2, -0.15) is 0 Å². The minimum absolute atomic E-state index is 0.0103. The maximum absolute atomic E-state index is 12.8. The number of hydrogen-bond acceptors (Lipinski definition) is 6. The molecule has 0 saturated heterocycles. The van der Waals surface area contributed by atoms with E-state index in [1.807, 2.05) is 39.8 Å². The van der Waals surface area contributed by atoms with Crippen molar-refractivity contribution < 1.29 is 28.5 Å². The minimum Gasteiger partial charge on any atom is -0.490 e. The second-order valence-electron chi connectivity index (χ2n) is 12.1. The quantitative estimate of drug-likeness (QED) is 0.0898. The summed E-state index contributed by atoms with van der Waals surface area (Å²) in [5.74, 6) is 0.0678. The van der Waals surface area contributed by atoms with E-state index in [9.17, 15) is 4.79 Å². The Morgan fingerprint density at radius 1 is 0.778 bits per heavy atom. The lowest BCUT2D eigenvalue weighted by atomic mass is 9.82. The number of ether oxygens (including phenoxy) is 5. The van der Waals surface area contributed by atoms with E-state index < -0.39 is 5.97 Å². The molecule has 1 aliphatic carbocycles. The lowest BCUT2D eigenvalue weighted by Gasteiger charge is -2.22. The van der Waals surface area contributed by atoms with Gasteiger partial charge in [-0.3, -0.25) is 0 Å². The van der Waals surface area contributed by atoms with Crippen LogP contribution in [0.4, 0.5) is 0 Å². The summed E-state index contributed by atoms with van der Waals surface area (Å²) < 4.78 is 27.0. The van der Waals surface area contributed by atoms with E-state index in [-0.39, 0.29) is 11.3 Å². The molecule has 0 bridgehead atoms. The van der Waals surface area contributed by atoms with Crippen molar-refractivity contribution in [1.29, 1.82) is 0 Å². The molecule has 1 atom stereocenters. The monoisotopic (exact) mass is 618 g/mol. The molecule has 45 heavy (non-hydrogen) atoms. The molecule has 3 aromatic rings. The van der Waals surface area contributed by atoms with Gasteiger partial charge in [0.2, 0.25) is 0 Å². The van der Waals surface area contributed by atoms with Crippen LogP contribution in [0.1, 0.15) is 92.6 Å². The first-order valence-corrected chi connectivity index (χ1v) is 15.8. The molecule has 0 aromatic heterocycles. The van der Waals surface area contributed by atoms with Gasteiger partial charge in [-0.25, -0.2) is 4.79 Å². The highest BCUT2D eigenvalue weighted by Crippen LogP contribution is 2.49. The van der Waals surface area contributed by atoms with Crippen LogP contribution in [0.2, 0.25) is 0 Å². The third-order valence-electron chi connectivity index (χ3n) is 7.07. The molecular formula is C39H54O6. The van der Waals surface area contributed by atoms with Crippen LogP contribution in [0.5, 0.6) is 5.75 Å². The summed E-state index contributed by atoms with van der Waals surface area (Å²) in [5.41, 5.74) is 10.1. The van der Waals surface area contributed by atoms with Gasteiger partial charge >= 0.3 is 5.97 Å². The summed E-state index contributed by atoms with van der Waals surface area (Å²) in [6, 6.07) is 19.3. The Morgan fingerprint density at radius 2 is 1.33 bits per heavy atom. The van der Waals surface area contributed by atoms with Crippen LogP contribution in [0, 0.1) is 6.92 Å². The Balaban J connectivity index is 0.00000109. The lowest BCUT2D eigenvalue weighted by Crippen LogP contribution is -2.14. The first kappa shape index (κ1) is 37.7. The zero-order valence-corrected chi connectivity index (χ0v) is 29.2. The molecule has 0 saturated carbocycles. The highest BCUT2D eigenvalue weighted by Gasteiger charge is 2.32. The summed E-state index contributed by atoms with van der Waals surface area (Å²) in [6.45, 7) is 23.1. The fourth-order valence-corrected chi connectivity index (χ4v) is 5.00. The van der Waals surface area contributed by atoms with E-state index in [0.717, 1.165) is 5.56 Å². The van der Waals surface area contributed by atoms with E-state index >= 15 is 0 Å². The molecule has 6 nitrogen and oxygen atoms in total. The number of fused-ring (bicyclic) bond motifs is 3. The topological polar surface area (TPSA) is 63.2 Å². The molecule has 0 radical (unpaired) electrons. The number of carbonyl (C=O) groups is 1. The van der Waals surface area contributed by atoms with Gasteiger partial charge in [0.1, 0.15) is 17.9 Å². The van der Waals surface area contributed by atoms with Gasteiger partial charge in [0.25, 0.3) is 0 Å².